The quantitative estimate of drug-likeness (QED) is 0.463. The molecule has 1 heterocycles. The summed E-state index contributed by atoms with van der Waals surface area (Å²) in [7, 11) is 0. The lowest BCUT2D eigenvalue weighted by atomic mass is 9.66. The van der Waals surface area contributed by atoms with Gasteiger partial charge < -0.3 is 0 Å². The molecule has 1 aliphatic rings. The van der Waals surface area contributed by atoms with E-state index in [0.717, 1.165) is 8.95 Å². The molecule has 2 aromatic carbocycles. The van der Waals surface area contributed by atoms with Crippen molar-refractivity contribution in [2.45, 2.75) is 38.0 Å². The molecule has 0 bridgehead atoms. The van der Waals surface area contributed by atoms with E-state index in [1.165, 1.54) is 0 Å². The van der Waals surface area contributed by atoms with Crippen LogP contribution in [0.4, 0.5) is 0 Å². The number of nitrogens with one attached hydrogen (secondary N) is 1. The minimum absolute atomic E-state index is 0.397. The number of nitro groups is 2. The molecule has 0 aromatic heterocycles. The standard InChI is InChI=1S/C19H19Br2N3O4/c1-19(2)17(23(25)26)15(11-5-3-7-13(20)9-11)22-16(18(19)24(27)28)12-6-4-8-14(21)10-12/h3-10,15-18,22H,1-2H3/t15-,16+,17-,18-/m1/s1. The van der Waals surface area contributed by atoms with Crippen LogP contribution in [0, 0.1) is 25.6 Å². The van der Waals surface area contributed by atoms with Gasteiger partial charge in [-0.3, -0.25) is 25.5 Å². The minimum Gasteiger partial charge on any atom is -0.291 e. The zero-order chi connectivity index (χ0) is 20.6. The average Bonchev–Trinajstić information content (AvgIpc) is 2.59. The number of halogens is 2. The second-order valence-electron chi connectivity index (χ2n) is 7.51. The van der Waals surface area contributed by atoms with Gasteiger partial charge in [0.15, 0.2) is 0 Å². The molecule has 0 radical (unpaired) electrons. The number of hydrogen-bond acceptors (Lipinski definition) is 5. The van der Waals surface area contributed by atoms with Crippen LogP contribution in [0.15, 0.2) is 57.5 Å². The second-order valence-corrected chi connectivity index (χ2v) is 9.35. The Labute approximate surface area is 179 Å². The molecule has 7 nitrogen and oxygen atoms in total. The van der Waals surface area contributed by atoms with Crippen LogP contribution in [0.3, 0.4) is 0 Å². The van der Waals surface area contributed by atoms with Crippen LogP contribution in [0.2, 0.25) is 0 Å². The van der Waals surface area contributed by atoms with Gasteiger partial charge in [0.25, 0.3) is 0 Å². The first-order chi connectivity index (χ1) is 13.1. The van der Waals surface area contributed by atoms with Crippen LogP contribution in [-0.4, -0.2) is 21.9 Å². The van der Waals surface area contributed by atoms with Crippen LogP contribution in [0.25, 0.3) is 0 Å². The Morgan fingerprint density at radius 2 is 1.25 bits per heavy atom. The van der Waals surface area contributed by atoms with Gasteiger partial charge in [0.1, 0.15) is 17.5 Å². The topological polar surface area (TPSA) is 98.3 Å². The molecule has 28 heavy (non-hydrogen) atoms. The number of rotatable bonds is 4. The molecule has 0 spiro atoms. The highest BCUT2D eigenvalue weighted by molar-refractivity contribution is 9.10. The summed E-state index contributed by atoms with van der Waals surface area (Å²) in [6.07, 6.45) is 0. The fraction of sp³-hybridized carbons (Fsp3) is 0.368. The van der Waals surface area contributed by atoms with Gasteiger partial charge in [-0.2, -0.15) is 0 Å². The second kappa shape index (κ2) is 7.88. The summed E-state index contributed by atoms with van der Waals surface area (Å²) < 4.78 is 1.59. The first-order valence-corrected chi connectivity index (χ1v) is 10.3. The normalized spacial score (nSPS) is 26.6. The van der Waals surface area contributed by atoms with Gasteiger partial charge in [-0.15, -0.1) is 0 Å². The SMILES string of the molecule is CC1(C)[C@H]([N+](=O)[O-])[C@@H](c2cccc(Br)c2)N[C@@H](c2cccc(Br)c2)[C@H]1[N+](=O)[O-]. The highest BCUT2D eigenvalue weighted by Gasteiger charge is 2.62. The van der Waals surface area contributed by atoms with Gasteiger partial charge in [-0.25, -0.2) is 0 Å². The summed E-state index contributed by atoms with van der Waals surface area (Å²) in [4.78, 5) is 23.3. The largest absolute Gasteiger partial charge is 0.291 e. The van der Waals surface area contributed by atoms with Crippen LogP contribution in [0.5, 0.6) is 0 Å². The monoisotopic (exact) mass is 511 g/mol. The summed E-state index contributed by atoms with van der Waals surface area (Å²) in [5, 5.41) is 27.3. The molecule has 3 rings (SSSR count). The van der Waals surface area contributed by atoms with Crippen molar-refractivity contribution in [3.05, 3.63) is 88.8 Å². The van der Waals surface area contributed by atoms with Crippen molar-refractivity contribution in [2.24, 2.45) is 5.41 Å². The molecular weight excluding hydrogens is 494 g/mol. The summed E-state index contributed by atoms with van der Waals surface area (Å²) in [5.74, 6) is 0. The summed E-state index contributed by atoms with van der Waals surface area (Å²) >= 11 is 6.81. The Hall–Kier alpha value is -1.84. The Kier molecular flexibility index (Phi) is 5.88. The van der Waals surface area contributed by atoms with E-state index < -0.39 is 39.4 Å². The lowest BCUT2D eigenvalue weighted by Gasteiger charge is -2.44. The number of benzene rings is 2. The van der Waals surface area contributed by atoms with Crippen LogP contribution < -0.4 is 5.32 Å². The summed E-state index contributed by atoms with van der Waals surface area (Å²) in [6.45, 7) is 3.23. The summed E-state index contributed by atoms with van der Waals surface area (Å²) in [6, 6.07) is 10.8. The van der Waals surface area contributed by atoms with Gasteiger partial charge in [0.05, 0.1) is 0 Å². The Morgan fingerprint density at radius 1 is 0.857 bits per heavy atom. The van der Waals surface area contributed by atoms with Gasteiger partial charge >= 0.3 is 0 Å². The number of nitrogens with zero attached hydrogens (tertiary/aromatic N) is 2. The van der Waals surface area contributed by atoms with Gasteiger partial charge in [0.2, 0.25) is 12.1 Å². The van der Waals surface area contributed by atoms with E-state index in [2.05, 4.69) is 37.2 Å². The van der Waals surface area contributed by atoms with Crippen LogP contribution >= 0.6 is 31.9 Å². The maximum atomic E-state index is 12.0. The van der Waals surface area contributed by atoms with E-state index in [1.807, 2.05) is 24.3 Å². The van der Waals surface area contributed by atoms with E-state index >= 15 is 0 Å². The van der Waals surface area contributed by atoms with Crippen LogP contribution in [-0.2, 0) is 0 Å². The van der Waals surface area contributed by atoms with Crippen molar-refractivity contribution in [1.82, 2.24) is 5.32 Å². The van der Waals surface area contributed by atoms with E-state index in [4.69, 9.17) is 0 Å². The fourth-order valence-corrected chi connectivity index (χ4v) is 4.99. The van der Waals surface area contributed by atoms with Crippen LogP contribution in [0.1, 0.15) is 37.1 Å². The third-order valence-electron chi connectivity index (χ3n) is 5.39. The van der Waals surface area contributed by atoms with Crippen molar-refractivity contribution in [3.8, 4) is 0 Å². The predicted molar refractivity (Wildman–Crippen MR) is 112 cm³/mol. The molecule has 4 atom stereocenters. The molecule has 0 unspecified atom stereocenters. The van der Waals surface area contributed by atoms with Crippen molar-refractivity contribution in [1.29, 1.82) is 0 Å². The molecular formula is C19H19Br2N3O4. The number of piperidine rings is 1. The molecule has 0 saturated carbocycles. The smallest absolute Gasteiger partial charge is 0.243 e. The zero-order valence-electron chi connectivity index (χ0n) is 15.2. The third-order valence-corrected chi connectivity index (χ3v) is 6.37. The minimum atomic E-state index is -1.20. The molecule has 1 aliphatic heterocycles. The molecule has 148 valence electrons. The fourth-order valence-electron chi connectivity index (χ4n) is 4.15. The van der Waals surface area contributed by atoms with E-state index in [-0.39, 0.29) is 0 Å². The average molecular weight is 513 g/mol. The van der Waals surface area contributed by atoms with Crippen molar-refractivity contribution >= 4 is 31.9 Å². The molecule has 1 fully saturated rings. The maximum Gasteiger partial charge on any atom is 0.243 e. The molecule has 9 heteroatoms. The van der Waals surface area contributed by atoms with Gasteiger partial charge in [-0.05, 0) is 49.2 Å². The summed E-state index contributed by atoms with van der Waals surface area (Å²) in [5.41, 5.74) is 0.231. The van der Waals surface area contributed by atoms with E-state index in [0.29, 0.717) is 11.1 Å². The predicted octanol–water partition coefficient (Wildman–Crippen LogP) is 4.91. The van der Waals surface area contributed by atoms with Gasteiger partial charge in [-0.1, -0.05) is 56.1 Å². The lowest BCUT2D eigenvalue weighted by Crippen LogP contribution is -2.63. The first-order valence-electron chi connectivity index (χ1n) is 8.67. The van der Waals surface area contributed by atoms with Gasteiger partial charge in [0, 0.05) is 18.8 Å². The van der Waals surface area contributed by atoms with Crippen molar-refractivity contribution < 1.29 is 9.85 Å². The van der Waals surface area contributed by atoms with E-state index in [1.54, 1.807) is 38.1 Å². The third kappa shape index (κ3) is 3.83. The molecule has 2 aromatic rings. The Bertz CT molecular complexity index is 850. The Balaban J connectivity index is 2.18. The molecule has 1 N–H and O–H groups in total. The number of hydrogen-bond donors (Lipinski definition) is 1. The molecule has 0 aliphatic carbocycles. The van der Waals surface area contributed by atoms with Crippen molar-refractivity contribution in [2.75, 3.05) is 0 Å². The highest BCUT2D eigenvalue weighted by Crippen LogP contribution is 2.47. The lowest BCUT2D eigenvalue weighted by molar-refractivity contribution is -0.605. The first kappa shape index (κ1) is 20.9. The maximum absolute atomic E-state index is 12.0. The highest BCUT2D eigenvalue weighted by atomic mass is 79.9. The van der Waals surface area contributed by atoms with Crippen molar-refractivity contribution in [3.63, 3.8) is 0 Å². The van der Waals surface area contributed by atoms with E-state index in [9.17, 15) is 20.2 Å². The molecule has 0 amide bonds. The Morgan fingerprint density at radius 3 is 1.57 bits per heavy atom. The zero-order valence-corrected chi connectivity index (χ0v) is 18.4. The molecule has 1 saturated heterocycles.